The van der Waals surface area contributed by atoms with Gasteiger partial charge in [-0.2, -0.15) is 0 Å². The van der Waals surface area contributed by atoms with Gasteiger partial charge >= 0.3 is 23.9 Å². The summed E-state index contributed by atoms with van der Waals surface area (Å²) in [5.74, 6) is -1.03. The molecule has 2 aliphatic carbocycles. The van der Waals surface area contributed by atoms with Gasteiger partial charge in [-0.15, -0.1) is 0 Å². The number of carbonyl (C=O) groups is 4. The van der Waals surface area contributed by atoms with Gasteiger partial charge in [-0.05, 0) is 121 Å². The summed E-state index contributed by atoms with van der Waals surface area (Å²) < 4.78 is 34.8. The van der Waals surface area contributed by atoms with Crippen LogP contribution in [0.25, 0.3) is 32.7 Å². The van der Waals surface area contributed by atoms with Crippen molar-refractivity contribution in [2.24, 2.45) is 11.8 Å². The molecule has 2 saturated carbocycles. The Morgan fingerprint density at radius 1 is 0.431 bits per heavy atom. The van der Waals surface area contributed by atoms with Gasteiger partial charge in [-0.25, -0.2) is 9.59 Å². The summed E-state index contributed by atoms with van der Waals surface area (Å²) in [4.78, 5) is 53.3. The Kier molecular flexibility index (Phi) is 9.23. The van der Waals surface area contributed by atoms with E-state index in [0.29, 0.717) is 35.5 Å². The average Bonchev–Trinajstić information content (AvgIpc) is 4.19. The first-order chi connectivity index (χ1) is 28.3. The van der Waals surface area contributed by atoms with E-state index in [4.69, 9.17) is 28.4 Å². The number of epoxide rings is 2. The van der Waals surface area contributed by atoms with Crippen LogP contribution in [-0.2, 0) is 19.1 Å². The van der Waals surface area contributed by atoms with Crippen molar-refractivity contribution in [1.82, 2.24) is 0 Å². The zero-order valence-corrected chi connectivity index (χ0v) is 31.3. The number of fused-ring (bicyclic) bond motifs is 4. The molecule has 290 valence electrons. The third-order valence-corrected chi connectivity index (χ3v) is 11.7. The van der Waals surface area contributed by atoms with Crippen LogP contribution in [0.4, 0.5) is 0 Å². The molecule has 0 N–H and O–H groups in total. The number of benzene rings is 6. The minimum Gasteiger partial charge on any atom is -0.426 e. The molecular formula is C48H38O10. The van der Waals surface area contributed by atoms with Gasteiger partial charge in [0.05, 0.1) is 47.4 Å². The number of esters is 4. The normalized spacial score (nSPS) is 22.9. The molecule has 6 aromatic rings. The van der Waals surface area contributed by atoms with Gasteiger partial charge in [0.25, 0.3) is 0 Å². The first-order valence-corrected chi connectivity index (χ1v) is 19.8. The smallest absolute Gasteiger partial charge is 0.343 e. The first kappa shape index (κ1) is 36.0. The van der Waals surface area contributed by atoms with Crippen LogP contribution < -0.4 is 18.9 Å². The van der Waals surface area contributed by atoms with Crippen molar-refractivity contribution in [3.8, 4) is 34.1 Å². The quantitative estimate of drug-likeness (QED) is 0.0797. The molecule has 6 unspecified atom stereocenters. The number of hydrogen-bond donors (Lipinski definition) is 0. The molecule has 4 aliphatic rings. The Morgan fingerprint density at radius 2 is 0.845 bits per heavy atom. The van der Waals surface area contributed by atoms with E-state index in [0.717, 1.165) is 47.2 Å². The lowest BCUT2D eigenvalue weighted by atomic mass is 9.89. The lowest BCUT2D eigenvalue weighted by molar-refractivity contribution is -0.140. The summed E-state index contributed by atoms with van der Waals surface area (Å²) in [6.07, 6.45) is 5.42. The molecule has 0 bridgehead atoms. The predicted octanol–water partition coefficient (Wildman–Crippen LogP) is 9.04. The fourth-order valence-corrected chi connectivity index (χ4v) is 8.46. The second-order valence-electron chi connectivity index (χ2n) is 15.4. The molecule has 2 aliphatic heterocycles. The maximum absolute atomic E-state index is 13.8. The van der Waals surface area contributed by atoms with Crippen LogP contribution in [0.1, 0.15) is 59.2 Å². The van der Waals surface area contributed by atoms with E-state index < -0.39 is 11.9 Å². The van der Waals surface area contributed by atoms with E-state index in [-0.39, 0.29) is 70.8 Å². The van der Waals surface area contributed by atoms with Crippen LogP contribution >= 0.6 is 0 Å². The fraction of sp³-hybridized carbons (Fsp3) is 0.250. The SMILES string of the molecule is O=C(Oc1ccc2ccccc2c1-c1c(OC(=O)c2ccc(OC(=O)C3CCC4OC4C3)cc2)ccc2ccccc12)c1ccc(OC(=O)C2CCC3OC3C2)cc1. The van der Waals surface area contributed by atoms with E-state index in [2.05, 4.69) is 0 Å². The van der Waals surface area contributed by atoms with Crippen LogP contribution in [0.5, 0.6) is 23.0 Å². The summed E-state index contributed by atoms with van der Waals surface area (Å²) in [6.45, 7) is 0. The molecule has 0 amide bonds. The Bertz CT molecular complexity index is 2420. The highest BCUT2D eigenvalue weighted by Crippen LogP contribution is 2.46. The zero-order chi connectivity index (χ0) is 39.3. The molecule has 4 fully saturated rings. The minimum atomic E-state index is -0.619. The zero-order valence-electron chi connectivity index (χ0n) is 31.3. The number of ether oxygens (including phenoxy) is 6. The van der Waals surface area contributed by atoms with Crippen molar-refractivity contribution in [3.05, 3.63) is 132 Å². The second-order valence-corrected chi connectivity index (χ2v) is 15.4. The molecule has 10 rings (SSSR count). The summed E-state index contributed by atoms with van der Waals surface area (Å²) >= 11 is 0. The van der Waals surface area contributed by atoms with Crippen LogP contribution in [0.2, 0.25) is 0 Å². The van der Waals surface area contributed by atoms with Crippen LogP contribution in [0.3, 0.4) is 0 Å². The maximum atomic E-state index is 13.8. The van der Waals surface area contributed by atoms with Gasteiger partial charge in [0.1, 0.15) is 23.0 Å². The first-order valence-electron chi connectivity index (χ1n) is 19.8. The van der Waals surface area contributed by atoms with Crippen molar-refractivity contribution >= 4 is 45.4 Å². The lowest BCUT2D eigenvalue weighted by Gasteiger charge is -2.19. The largest absolute Gasteiger partial charge is 0.426 e. The van der Waals surface area contributed by atoms with Crippen LogP contribution in [0.15, 0.2) is 121 Å². The Balaban J connectivity index is 0.921. The molecule has 2 saturated heterocycles. The van der Waals surface area contributed by atoms with Crippen molar-refractivity contribution in [3.63, 3.8) is 0 Å². The van der Waals surface area contributed by atoms with Gasteiger partial charge in [-0.1, -0.05) is 60.7 Å². The number of carbonyl (C=O) groups excluding carboxylic acids is 4. The molecule has 10 heteroatoms. The van der Waals surface area contributed by atoms with Crippen LogP contribution in [0, 0.1) is 11.8 Å². The van der Waals surface area contributed by atoms with Gasteiger partial charge in [0.15, 0.2) is 0 Å². The summed E-state index contributed by atoms with van der Waals surface area (Å²) in [5, 5.41) is 3.33. The van der Waals surface area contributed by atoms with E-state index in [1.807, 2.05) is 60.7 Å². The van der Waals surface area contributed by atoms with Gasteiger partial charge in [0, 0.05) is 11.1 Å². The van der Waals surface area contributed by atoms with E-state index >= 15 is 0 Å². The van der Waals surface area contributed by atoms with Gasteiger partial charge in [0.2, 0.25) is 0 Å². The Morgan fingerprint density at radius 3 is 1.26 bits per heavy atom. The third-order valence-electron chi connectivity index (χ3n) is 11.7. The Hall–Kier alpha value is -6.36. The molecule has 0 spiro atoms. The highest BCUT2D eigenvalue weighted by atomic mass is 16.6. The van der Waals surface area contributed by atoms with E-state index in [1.165, 1.54) is 0 Å². The topological polar surface area (TPSA) is 130 Å². The van der Waals surface area contributed by atoms with Crippen molar-refractivity contribution < 1.29 is 47.6 Å². The molecule has 0 radical (unpaired) electrons. The standard InChI is InChI=1S/C48H38O10/c49-45(29-9-17-33(18-10-29)53-47(51)31-15-21-37-41(25-31)55-37)57-39-23-13-27-5-1-3-7-35(27)43(39)44-36-8-4-2-6-28(36)14-24-40(44)58-46(50)30-11-19-34(20-12-30)54-48(52)32-16-22-38-42(26-32)56-38/h1-14,17-20,23-24,31-32,37-38,41-42H,15-16,21-22,25-26H2. The molecule has 2 heterocycles. The molecule has 58 heavy (non-hydrogen) atoms. The Labute approximate surface area is 333 Å². The van der Waals surface area contributed by atoms with E-state index in [9.17, 15) is 19.2 Å². The van der Waals surface area contributed by atoms with Crippen molar-refractivity contribution in [1.29, 1.82) is 0 Å². The third kappa shape index (κ3) is 7.21. The summed E-state index contributed by atoms with van der Waals surface area (Å²) in [7, 11) is 0. The monoisotopic (exact) mass is 774 g/mol. The summed E-state index contributed by atoms with van der Waals surface area (Å²) in [5.41, 5.74) is 1.65. The lowest BCUT2D eigenvalue weighted by Crippen LogP contribution is -2.25. The minimum absolute atomic E-state index is 0.157. The maximum Gasteiger partial charge on any atom is 0.343 e. The van der Waals surface area contributed by atoms with E-state index in [1.54, 1.807) is 60.7 Å². The number of hydrogen-bond acceptors (Lipinski definition) is 10. The van der Waals surface area contributed by atoms with Crippen molar-refractivity contribution in [2.45, 2.75) is 62.9 Å². The molecular weight excluding hydrogens is 737 g/mol. The van der Waals surface area contributed by atoms with Gasteiger partial charge in [-0.3, -0.25) is 9.59 Å². The van der Waals surface area contributed by atoms with Crippen molar-refractivity contribution in [2.75, 3.05) is 0 Å². The molecule has 0 aromatic heterocycles. The predicted molar refractivity (Wildman–Crippen MR) is 213 cm³/mol. The molecule has 6 aromatic carbocycles. The second kappa shape index (κ2) is 14.9. The van der Waals surface area contributed by atoms with Crippen LogP contribution in [-0.4, -0.2) is 48.3 Å². The van der Waals surface area contributed by atoms with Gasteiger partial charge < -0.3 is 28.4 Å². The fourth-order valence-electron chi connectivity index (χ4n) is 8.46. The highest BCUT2D eigenvalue weighted by molar-refractivity contribution is 6.11. The molecule has 6 atom stereocenters. The number of rotatable bonds is 9. The highest BCUT2D eigenvalue weighted by Gasteiger charge is 2.47. The molecule has 10 nitrogen and oxygen atoms in total. The average molecular weight is 775 g/mol. The summed E-state index contributed by atoms with van der Waals surface area (Å²) in [6, 6.07) is 35.3.